The zero-order valence-corrected chi connectivity index (χ0v) is 39.5. The number of benzene rings is 12. The van der Waals surface area contributed by atoms with Gasteiger partial charge in [0.25, 0.3) is 0 Å². The van der Waals surface area contributed by atoms with Crippen molar-refractivity contribution in [3.8, 4) is 78.4 Å². The minimum absolute atomic E-state index is 1.09. The third-order valence-electron chi connectivity index (χ3n) is 14.6. The summed E-state index contributed by atoms with van der Waals surface area (Å²) in [4.78, 5) is 0. The van der Waals surface area contributed by atoms with Crippen LogP contribution in [0.2, 0.25) is 0 Å². The van der Waals surface area contributed by atoms with E-state index in [1.165, 1.54) is 76.5 Å². The van der Waals surface area contributed by atoms with Crippen molar-refractivity contribution in [3.63, 3.8) is 0 Å². The molecule has 0 aliphatic rings. The van der Waals surface area contributed by atoms with Gasteiger partial charge in [-0.3, -0.25) is 0 Å². The summed E-state index contributed by atoms with van der Waals surface area (Å²) in [5.41, 5.74) is 18.3. The number of aromatic nitrogens is 2. The molecule has 0 N–H and O–H groups in total. The van der Waals surface area contributed by atoms with Crippen LogP contribution in [0.5, 0.6) is 0 Å². The molecule has 14 rings (SSSR count). The molecule has 2 aromatic heterocycles. The third-order valence-corrected chi connectivity index (χ3v) is 14.6. The first-order valence-electron chi connectivity index (χ1n) is 24.8. The number of rotatable bonds is 8. The quantitative estimate of drug-likeness (QED) is 0.134. The molecule has 12 aromatic carbocycles. The molecule has 0 radical (unpaired) electrons. The molecule has 72 heavy (non-hydrogen) atoms. The Bertz CT molecular complexity index is 3950. The second kappa shape index (κ2) is 17.2. The van der Waals surface area contributed by atoms with E-state index in [0.29, 0.717) is 0 Å². The van der Waals surface area contributed by atoms with Crippen LogP contribution in [0.4, 0.5) is 0 Å². The maximum absolute atomic E-state index is 2.55. The van der Waals surface area contributed by atoms with Gasteiger partial charge in [0.05, 0.1) is 22.4 Å². The van der Waals surface area contributed by atoms with Crippen LogP contribution in [0.3, 0.4) is 0 Å². The minimum Gasteiger partial charge on any atom is -0.308 e. The van der Waals surface area contributed by atoms with E-state index in [1.54, 1.807) is 0 Å². The van der Waals surface area contributed by atoms with Gasteiger partial charge in [-0.1, -0.05) is 218 Å². The Hall–Kier alpha value is -9.50. The lowest BCUT2D eigenvalue weighted by atomic mass is 9.94. The summed E-state index contributed by atoms with van der Waals surface area (Å²) in [5, 5.41) is 9.81. The second-order valence-electron chi connectivity index (χ2n) is 18.9. The zero-order chi connectivity index (χ0) is 47.5. The highest BCUT2D eigenvalue weighted by molar-refractivity contribution is 6.16. The molecule has 336 valence electrons. The van der Waals surface area contributed by atoms with Crippen LogP contribution in [-0.2, 0) is 0 Å². The molecule has 14 aromatic rings. The van der Waals surface area contributed by atoms with Crippen molar-refractivity contribution >= 4 is 54.1 Å². The van der Waals surface area contributed by atoms with Crippen LogP contribution in [0.1, 0.15) is 0 Å². The first-order valence-corrected chi connectivity index (χ1v) is 24.8. The van der Waals surface area contributed by atoms with Gasteiger partial charge >= 0.3 is 0 Å². The lowest BCUT2D eigenvalue weighted by Crippen LogP contribution is -1.99. The molecule has 0 atom stereocenters. The van der Waals surface area contributed by atoms with Gasteiger partial charge in [0.1, 0.15) is 0 Å². The van der Waals surface area contributed by atoms with E-state index in [9.17, 15) is 0 Å². The van der Waals surface area contributed by atoms with Gasteiger partial charge in [0, 0.05) is 22.5 Å². The van der Waals surface area contributed by atoms with Gasteiger partial charge in [-0.15, -0.1) is 0 Å². The standard InChI is InChI=1S/C70H46N2/c1-5-21-47(22-6-1)53-37-54(48-23-7-2-8-24-48)40-57(39-53)71-67(65-43-51-29-13-15-31-59(51)61-33-17-19-35-63(61)65)45-70-69(71)46-68(66-44-52-30-14-16-32-60(52)62-34-18-20-36-64(62)66)72(70)58-41-55(49-25-9-3-10-26-49)38-56(42-58)50-27-11-4-12-28-50/h1-46H. The summed E-state index contributed by atoms with van der Waals surface area (Å²) in [7, 11) is 0. The van der Waals surface area contributed by atoms with Crippen LogP contribution in [0.25, 0.3) is 133 Å². The van der Waals surface area contributed by atoms with Crippen molar-refractivity contribution in [3.05, 3.63) is 279 Å². The Morgan fingerprint density at radius 3 is 0.806 bits per heavy atom. The topological polar surface area (TPSA) is 9.86 Å². The predicted molar refractivity (Wildman–Crippen MR) is 305 cm³/mol. The van der Waals surface area contributed by atoms with Crippen molar-refractivity contribution in [2.45, 2.75) is 0 Å². The Morgan fingerprint density at radius 2 is 0.472 bits per heavy atom. The van der Waals surface area contributed by atoms with Crippen molar-refractivity contribution in [2.75, 3.05) is 0 Å². The van der Waals surface area contributed by atoms with Gasteiger partial charge in [-0.25, -0.2) is 0 Å². The molecule has 0 bridgehead atoms. The molecule has 2 nitrogen and oxygen atoms in total. The normalized spacial score (nSPS) is 11.6. The molecule has 0 saturated carbocycles. The lowest BCUT2D eigenvalue weighted by Gasteiger charge is -2.18. The fraction of sp³-hybridized carbons (Fsp3) is 0. The Morgan fingerprint density at radius 1 is 0.194 bits per heavy atom. The predicted octanol–water partition coefficient (Wildman–Crippen LogP) is 19.0. The van der Waals surface area contributed by atoms with Crippen LogP contribution < -0.4 is 0 Å². The van der Waals surface area contributed by atoms with E-state index in [0.717, 1.165) is 56.0 Å². The Kier molecular flexibility index (Phi) is 9.89. The lowest BCUT2D eigenvalue weighted by molar-refractivity contribution is 1.14. The summed E-state index contributed by atoms with van der Waals surface area (Å²) in [6, 6.07) is 103. The van der Waals surface area contributed by atoms with Crippen LogP contribution in [0.15, 0.2) is 279 Å². The zero-order valence-electron chi connectivity index (χ0n) is 39.5. The van der Waals surface area contributed by atoms with Gasteiger partial charge < -0.3 is 9.13 Å². The highest BCUT2D eigenvalue weighted by atomic mass is 15.1. The fourth-order valence-corrected chi connectivity index (χ4v) is 11.3. The molecule has 0 unspecified atom stereocenters. The molecule has 0 aliphatic carbocycles. The van der Waals surface area contributed by atoms with E-state index in [2.05, 4.69) is 288 Å². The maximum Gasteiger partial charge on any atom is 0.0724 e. The Labute approximate surface area is 418 Å². The molecule has 0 amide bonds. The number of hydrogen-bond acceptors (Lipinski definition) is 0. The molecule has 0 spiro atoms. The summed E-state index contributed by atoms with van der Waals surface area (Å²) in [5.74, 6) is 0. The summed E-state index contributed by atoms with van der Waals surface area (Å²) in [6.45, 7) is 0. The monoisotopic (exact) mass is 914 g/mol. The SMILES string of the molecule is c1ccc(-c2cc(-c3ccccc3)cc(-n3c(-c4cc5ccccc5c5ccccc45)cc4c3cc(-c3cc5ccccc5c5ccccc35)n4-c3cc(-c4ccccc4)cc(-c4ccccc4)c3)c2)cc1. The second-order valence-corrected chi connectivity index (χ2v) is 18.9. The molecule has 0 aliphatic heterocycles. The molecular formula is C70H46N2. The molecule has 2 heterocycles. The van der Waals surface area contributed by atoms with Crippen LogP contribution >= 0.6 is 0 Å². The fourth-order valence-electron chi connectivity index (χ4n) is 11.3. The van der Waals surface area contributed by atoms with Gasteiger partial charge in [0.2, 0.25) is 0 Å². The van der Waals surface area contributed by atoms with Crippen molar-refractivity contribution < 1.29 is 0 Å². The molecule has 2 heteroatoms. The minimum atomic E-state index is 1.09. The summed E-state index contributed by atoms with van der Waals surface area (Å²) >= 11 is 0. The maximum atomic E-state index is 2.55. The highest BCUT2D eigenvalue weighted by Crippen LogP contribution is 2.46. The molecular weight excluding hydrogens is 869 g/mol. The van der Waals surface area contributed by atoms with Crippen molar-refractivity contribution in [1.29, 1.82) is 0 Å². The largest absolute Gasteiger partial charge is 0.308 e. The van der Waals surface area contributed by atoms with Crippen LogP contribution in [-0.4, -0.2) is 9.13 Å². The first-order chi connectivity index (χ1) is 35.7. The summed E-state index contributed by atoms with van der Waals surface area (Å²) < 4.78 is 5.10. The van der Waals surface area contributed by atoms with Gasteiger partial charge in [-0.2, -0.15) is 0 Å². The van der Waals surface area contributed by atoms with E-state index in [4.69, 9.17) is 0 Å². The number of nitrogens with zero attached hydrogens (tertiary/aromatic N) is 2. The van der Waals surface area contributed by atoms with Crippen molar-refractivity contribution in [1.82, 2.24) is 9.13 Å². The van der Waals surface area contributed by atoms with E-state index < -0.39 is 0 Å². The molecule has 0 saturated heterocycles. The van der Waals surface area contributed by atoms with Crippen LogP contribution in [0, 0.1) is 0 Å². The van der Waals surface area contributed by atoms with E-state index >= 15 is 0 Å². The average Bonchev–Trinajstić information content (AvgIpc) is 4.02. The highest BCUT2D eigenvalue weighted by Gasteiger charge is 2.25. The molecule has 0 fully saturated rings. The number of hydrogen-bond donors (Lipinski definition) is 0. The number of fused-ring (bicyclic) bond motifs is 7. The van der Waals surface area contributed by atoms with Gasteiger partial charge in [0.15, 0.2) is 0 Å². The summed E-state index contributed by atoms with van der Waals surface area (Å²) in [6.07, 6.45) is 0. The third kappa shape index (κ3) is 7.03. The van der Waals surface area contributed by atoms with Crippen molar-refractivity contribution in [2.24, 2.45) is 0 Å². The van der Waals surface area contributed by atoms with Gasteiger partial charge in [-0.05, 0) is 148 Å². The van der Waals surface area contributed by atoms with E-state index in [1.807, 2.05) is 0 Å². The van der Waals surface area contributed by atoms with E-state index in [-0.39, 0.29) is 0 Å². The smallest absolute Gasteiger partial charge is 0.0724 e. The Balaban J connectivity index is 1.16. The average molecular weight is 915 g/mol. The first kappa shape index (κ1) is 41.5.